The molecule has 1 N–H and O–H groups in total. The van der Waals surface area contributed by atoms with Crippen LogP contribution in [0.25, 0.3) is 0 Å². The molecule has 6 nitrogen and oxygen atoms in total. The molecule has 1 saturated heterocycles. The van der Waals surface area contributed by atoms with E-state index in [1.54, 1.807) is 0 Å². The van der Waals surface area contributed by atoms with Gasteiger partial charge in [-0.1, -0.05) is 30.3 Å². The first-order valence-electron chi connectivity index (χ1n) is 9.35. The number of halogens is 1. The molecule has 4 rings (SSSR count). The average Bonchev–Trinajstić information content (AvgIpc) is 3.25. The molecule has 146 valence electrons. The molecule has 2 aliphatic rings. The standard InChI is InChI=1S/C20H27N5O.HI/c1-21-20(23-18-11-16(18)10-15-6-4-3-5-7-15)25-8-9-26-19(14-25)17-12-22-24(2)13-17;/h3-7,12-13,16,18-19H,8-11,14H2,1-2H3,(H,21,23);1H. The number of morpholine rings is 1. The molecule has 2 aromatic rings. The van der Waals surface area contributed by atoms with Gasteiger partial charge in [-0.05, 0) is 24.3 Å². The third-order valence-corrected chi connectivity index (χ3v) is 5.25. The van der Waals surface area contributed by atoms with Gasteiger partial charge in [-0.2, -0.15) is 5.10 Å². The van der Waals surface area contributed by atoms with Crippen molar-refractivity contribution in [1.29, 1.82) is 0 Å². The Hall–Kier alpha value is -1.61. The van der Waals surface area contributed by atoms with Crippen LogP contribution in [0.2, 0.25) is 0 Å². The molecule has 0 bridgehead atoms. The lowest BCUT2D eigenvalue weighted by atomic mass is 10.1. The molecule has 3 atom stereocenters. The number of nitrogens with zero attached hydrogens (tertiary/aromatic N) is 4. The van der Waals surface area contributed by atoms with E-state index in [2.05, 4.69) is 50.6 Å². The van der Waals surface area contributed by atoms with Crippen LogP contribution in [0.5, 0.6) is 0 Å². The maximum atomic E-state index is 5.95. The number of rotatable bonds is 4. The van der Waals surface area contributed by atoms with Gasteiger partial charge in [-0.3, -0.25) is 9.67 Å². The van der Waals surface area contributed by atoms with Crippen LogP contribution in [-0.2, 0) is 18.2 Å². The molecule has 1 saturated carbocycles. The Morgan fingerprint density at radius 3 is 2.85 bits per heavy atom. The summed E-state index contributed by atoms with van der Waals surface area (Å²) in [5.74, 6) is 1.69. The summed E-state index contributed by atoms with van der Waals surface area (Å²) < 4.78 is 7.77. The highest BCUT2D eigenvalue weighted by Gasteiger charge is 2.38. The minimum absolute atomic E-state index is 0. The highest BCUT2D eigenvalue weighted by molar-refractivity contribution is 14.0. The lowest BCUT2D eigenvalue weighted by Crippen LogP contribution is -2.49. The number of benzene rings is 1. The van der Waals surface area contributed by atoms with Gasteiger partial charge in [-0.15, -0.1) is 24.0 Å². The zero-order valence-corrected chi connectivity index (χ0v) is 18.2. The van der Waals surface area contributed by atoms with E-state index >= 15 is 0 Å². The number of guanidine groups is 1. The SMILES string of the molecule is CN=C(NC1CC1Cc1ccccc1)N1CCOC(c2cnn(C)c2)C1.I. The number of aryl methyl sites for hydroxylation is 1. The fraction of sp³-hybridized carbons (Fsp3) is 0.500. The monoisotopic (exact) mass is 481 g/mol. The van der Waals surface area contributed by atoms with Gasteiger partial charge in [0.15, 0.2) is 5.96 Å². The second-order valence-corrected chi connectivity index (χ2v) is 7.24. The van der Waals surface area contributed by atoms with Crippen molar-refractivity contribution in [3.05, 3.63) is 53.9 Å². The molecule has 0 spiro atoms. The van der Waals surface area contributed by atoms with Crippen molar-refractivity contribution in [3.63, 3.8) is 0 Å². The van der Waals surface area contributed by atoms with E-state index in [1.165, 1.54) is 12.0 Å². The lowest BCUT2D eigenvalue weighted by Gasteiger charge is -2.34. The minimum atomic E-state index is 0. The highest BCUT2D eigenvalue weighted by atomic mass is 127. The molecular formula is C20H28IN5O. The van der Waals surface area contributed by atoms with E-state index in [4.69, 9.17) is 4.74 Å². The molecule has 3 unspecified atom stereocenters. The predicted octanol–water partition coefficient (Wildman–Crippen LogP) is 2.62. The smallest absolute Gasteiger partial charge is 0.194 e. The Morgan fingerprint density at radius 2 is 2.15 bits per heavy atom. The van der Waals surface area contributed by atoms with E-state index < -0.39 is 0 Å². The predicted molar refractivity (Wildman–Crippen MR) is 117 cm³/mol. The summed E-state index contributed by atoms with van der Waals surface area (Å²) in [6.45, 7) is 2.38. The van der Waals surface area contributed by atoms with Crippen molar-refractivity contribution in [2.75, 3.05) is 26.7 Å². The molecule has 1 aromatic carbocycles. The Balaban J connectivity index is 0.00000210. The minimum Gasteiger partial charge on any atom is -0.370 e. The van der Waals surface area contributed by atoms with Crippen LogP contribution in [-0.4, -0.2) is 53.4 Å². The van der Waals surface area contributed by atoms with Crippen LogP contribution in [0.15, 0.2) is 47.7 Å². The van der Waals surface area contributed by atoms with Crippen LogP contribution in [0.3, 0.4) is 0 Å². The first-order chi connectivity index (χ1) is 12.7. The van der Waals surface area contributed by atoms with E-state index in [-0.39, 0.29) is 30.1 Å². The molecule has 0 radical (unpaired) electrons. The fourth-order valence-electron chi connectivity index (χ4n) is 3.68. The van der Waals surface area contributed by atoms with Gasteiger partial charge in [0, 0.05) is 38.4 Å². The molecular weight excluding hydrogens is 453 g/mol. The summed E-state index contributed by atoms with van der Waals surface area (Å²) >= 11 is 0. The summed E-state index contributed by atoms with van der Waals surface area (Å²) in [7, 11) is 3.80. The van der Waals surface area contributed by atoms with Gasteiger partial charge in [0.1, 0.15) is 6.10 Å². The summed E-state index contributed by atoms with van der Waals surface area (Å²) in [4.78, 5) is 6.83. The van der Waals surface area contributed by atoms with E-state index in [0.717, 1.165) is 31.0 Å². The lowest BCUT2D eigenvalue weighted by molar-refractivity contribution is -0.00807. The van der Waals surface area contributed by atoms with Gasteiger partial charge in [0.2, 0.25) is 0 Å². The maximum absolute atomic E-state index is 5.95. The number of ether oxygens (including phenoxy) is 1. The second kappa shape index (κ2) is 9.05. The molecule has 7 heteroatoms. The number of hydrogen-bond donors (Lipinski definition) is 1. The second-order valence-electron chi connectivity index (χ2n) is 7.24. The molecule has 1 aliphatic heterocycles. The van der Waals surface area contributed by atoms with Crippen molar-refractivity contribution in [2.24, 2.45) is 18.0 Å². The quantitative estimate of drug-likeness (QED) is 0.415. The molecule has 2 fully saturated rings. The first kappa shape index (κ1) is 20.1. The van der Waals surface area contributed by atoms with E-state index in [9.17, 15) is 0 Å². The molecule has 0 amide bonds. The van der Waals surface area contributed by atoms with Crippen LogP contribution in [0.1, 0.15) is 23.7 Å². The Labute approximate surface area is 178 Å². The maximum Gasteiger partial charge on any atom is 0.194 e. The average molecular weight is 481 g/mol. The summed E-state index contributed by atoms with van der Waals surface area (Å²) in [6, 6.07) is 11.3. The number of hydrogen-bond acceptors (Lipinski definition) is 3. The van der Waals surface area contributed by atoms with E-state index in [0.29, 0.717) is 18.6 Å². The zero-order valence-electron chi connectivity index (χ0n) is 15.9. The van der Waals surface area contributed by atoms with Crippen molar-refractivity contribution in [3.8, 4) is 0 Å². The largest absolute Gasteiger partial charge is 0.370 e. The van der Waals surface area contributed by atoms with Crippen molar-refractivity contribution in [2.45, 2.75) is 25.0 Å². The Bertz CT molecular complexity index is 763. The van der Waals surface area contributed by atoms with Gasteiger partial charge in [0.25, 0.3) is 0 Å². The van der Waals surface area contributed by atoms with Crippen molar-refractivity contribution in [1.82, 2.24) is 20.0 Å². The normalized spacial score (nSPS) is 25.0. The molecule has 27 heavy (non-hydrogen) atoms. The molecule has 1 aromatic heterocycles. The van der Waals surface area contributed by atoms with Gasteiger partial charge in [0.05, 0.1) is 19.3 Å². The van der Waals surface area contributed by atoms with Crippen molar-refractivity contribution < 1.29 is 4.74 Å². The molecule has 1 aliphatic carbocycles. The van der Waals surface area contributed by atoms with Crippen LogP contribution < -0.4 is 5.32 Å². The van der Waals surface area contributed by atoms with Gasteiger partial charge < -0.3 is 15.0 Å². The Kier molecular flexibility index (Phi) is 6.75. The van der Waals surface area contributed by atoms with Crippen molar-refractivity contribution >= 4 is 29.9 Å². The number of nitrogens with one attached hydrogen (secondary N) is 1. The highest BCUT2D eigenvalue weighted by Crippen LogP contribution is 2.34. The van der Waals surface area contributed by atoms with E-state index in [1.807, 2.05) is 31.2 Å². The first-order valence-corrected chi connectivity index (χ1v) is 9.35. The van der Waals surface area contributed by atoms with Crippen LogP contribution in [0.4, 0.5) is 0 Å². The van der Waals surface area contributed by atoms with Gasteiger partial charge >= 0.3 is 0 Å². The third kappa shape index (κ3) is 5.01. The van der Waals surface area contributed by atoms with Crippen LogP contribution in [0, 0.1) is 5.92 Å². The number of aliphatic imine (C=N–C) groups is 1. The summed E-state index contributed by atoms with van der Waals surface area (Å²) in [5, 5.41) is 7.92. The summed E-state index contributed by atoms with van der Waals surface area (Å²) in [5.41, 5.74) is 2.54. The van der Waals surface area contributed by atoms with Gasteiger partial charge in [-0.25, -0.2) is 0 Å². The fourth-order valence-corrected chi connectivity index (χ4v) is 3.68. The third-order valence-electron chi connectivity index (χ3n) is 5.25. The molecule has 2 heterocycles. The van der Waals surface area contributed by atoms with Crippen LogP contribution >= 0.6 is 24.0 Å². The number of aromatic nitrogens is 2. The topological polar surface area (TPSA) is 54.7 Å². The zero-order chi connectivity index (χ0) is 17.9. The Morgan fingerprint density at radius 1 is 1.33 bits per heavy atom. The summed E-state index contributed by atoms with van der Waals surface area (Å²) in [6.07, 6.45) is 6.32.